The van der Waals surface area contributed by atoms with E-state index in [2.05, 4.69) is 43.3 Å². The zero-order valence-corrected chi connectivity index (χ0v) is 11.7. The summed E-state index contributed by atoms with van der Waals surface area (Å²) in [6.45, 7) is 2.73. The van der Waals surface area contributed by atoms with Gasteiger partial charge in [-0.25, -0.2) is 4.98 Å². The number of para-hydroxylation sites is 1. The number of hydrogen-bond acceptors (Lipinski definition) is 3. The van der Waals surface area contributed by atoms with Gasteiger partial charge in [-0.15, -0.1) is 11.3 Å². The molecule has 0 bridgehead atoms. The lowest BCUT2D eigenvalue weighted by molar-refractivity contribution is 1.04. The number of fused-ring (bicyclic) bond motifs is 1. The number of thiazole rings is 1. The van der Waals surface area contributed by atoms with E-state index in [-0.39, 0.29) is 0 Å². The van der Waals surface area contributed by atoms with E-state index in [0.717, 1.165) is 11.9 Å². The van der Waals surface area contributed by atoms with Gasteiger partial charge in [0.25, 0.3) is 0 Å². The fourth-order valence-corrected chi connectivity index (χ4v) is 3.19. The van der Waals surface area contributed by atoms with Crippen LogP contribution in [0.2, 0.25) is 0 Å². The lowest BCUT2D eigenvalue weighted by atomic mass is 10.0. The SMILES string of the molecule is Cc1ccc(CN)cc1Cc1nc2ccccc2s1. The van der Waals surface area contributed by atoms with Crippen molar-refractivity contribution in [3.05, 3.63) is 64.2 Å². The first kappa shape index (κ1) is 12.3. The molecular formula is C16H16N2S. The highest BCUT2D eigenvalue weighted by Gasteiger charge is 2.06. The van der Waals surface area contributed by atoms with E-state index in [1.165, 1.54) is 26.4 Å². The molecule has 1 aromatic heterocycles. The van der Waals surface area contributed by atoms with E-state index in [9.17, 15) is 0 Å². The quantitative estimate of drug-likeness (QED) is 0.787. The van der Waals surface area contributed by atoms with Crippen molar-refractivity contribution in [1.82, 2.24) is 4.98 Å². The van der Waals surface area contributed by atoms with Gasteiger partial charge in [-0.2, -0.15) is 0 Å². The number of aryl methyl sites for hydroxylation is 1. The second-order valence-corrected chi connectivity index (χ2v) is 5.83. The van der Waals surface area contributed by atoms with Crippen LogP contribution in [0.5, 0.6) is 0 Å². The van der Waals surface area contributed by atoms with Crippen LogP contribution in [0.3, 0.4) is 0 Å². The van der Waals surface area contributed by atoms with Crippen molar-refractivity contribution in [2.75, 3.05) is 0 Å². The van der Waals surface area contributed by atoms with Crippen molar-refractivity contribution >= 4 is 21.6 Å². The summed E-state index contributed by atoms with van der Waals surface area (Å²) in [6.07, 6.45) is 0.888. The van der Waals surface area contributed by atoms with E-state index in [1.54, 1.807) is 11.3 Å². The van der Waals surface area contributed by atoms with Crippen molar-refractivity contribution in [3.63, 3.8) is 0 Å². The van der Waals surface area contributed by atoms with Gasteiger partial charge in [0.2, 0.25) is 0 Å². The third-order valence-corrected chi connectivity index (χ3v) is 4.37. The van der Waals surface area contributed by atoms with Crippen LogP contribution >= 0.6 is 11.3 Å². The number of nitrogens with zero attached hydrogens (tertiary/aromatic N) is 1. The Hall–Kier alpha value is -1.71. The maximum atomic E-state index is 5.71. The summed E-state index contributed by atoms with van der Waals surface area (Å²) in [7, 11) is 0. The Morgan fingerprint density at radius 2 is 2.00 bits per heavy atom. The van der Waals surface area contributed by atoms with Crippen LogP contribution in [0.1, 0.15) is 21.7 Å². The Balaban J connectivity index is 1.96. The lowest BCUT2D eigenvalue weighted by Gasteiger charge is -2.06. The van der Waals surface area contributed by atoms with Gasteiger partial charge in [-0.3, -0.25) is 0 Å². The van der Waals surface area contributed by atoms with Crippen LogP contribution in [0, 0.1) is 6.92 Å². The highest BCUT2D eigenvalue weighted by Crippen LogP contribution is 2.24. The van der Waals surface area contributed by atoms with Crippen LogP contribution < -0.4 is 5.73 Å². The van der Waals surface area contributed by atoms with Gasteiger partial charge in [0.05, 0.1) is 15.2 Å². The Kier molecular flexibility index (Phi) is 3.32. The first-order valence-corrected chi connectivity index (χ1v) is 7.21. The molecule has 96 valence electrons. The lowest BCUT2D eigenvalue weighted by Crippen LogP contribution is -1.99. The number of rotatable bonds is 3. The van der Waals surface area contributed by atoms with E-state index < -0.39 is 0 Å². The topological polar surface area (TPSA) is 38.9 Å². The van der Waals surface area contributed by atoms with Gasteiger partial charge in [-0.1, -0.05) is 30.3 Å². The van der Waals surface area contributed by atoms with Crippen LogP contribution in [0.25, 0.3) is 10.2 Å². The number of hydrogen-bond donors (Lipinski definition) is 1. The molecule has 0 atom stereocenters. The molecule has 0 saturated heterocycles. The fraction of sp³-hybridized carbons (Fsp3) is 0.188. The predicted octanol–water partition coefficient (Wildman–Crippen LogP) is 3.65. The molecule has 1 heterocycles. The van der Waals surface area contributed by atoms with Crippen molar-refractivity contribution in [1.29, 1.82) is 0 Å². The summed E-state index contributed by atoms with van der Waals surface area (Å²) in [5.41, 5.74) is 10.6. The average molecular weight is 268 g/mol. The van der Waals surface area contributed by atoms with Crippen LogP contribution in [0.4, 0.5) is 0 Å². The third-order valence-electron chi connectivity index (χ3n) is 3.33. The first-order valence-electron chi connectivity index (χ1n) is 6.39. The molecule has 0 amide bonds. The van der Waals surface area contributed by atoms with E-state index in [0.29, 0.717) is 6.54 Å². The second-order valence-electron chi connectivity index (χ2n) is 4.72. The van der Waals surface area contributed by atoms with Crippen molar-refractivity contribution in [2.45, 2.75) is 19.9 Å². The van der Waals surface area contributed by atoms with E-state index >= 15 is 0 Å². The molecule has 0 aliphatic rings. The summed E-state index contributed by atoms with van der Waals surface area (Å²) in [5, 5.41) is 1.17. The standard InChI is InChI=1S/C16H16N2S/c1-11-6-7-12(10-17)8-13(11)9-16-18-14-4-2-3-5-15(14)19-16/h2-8H,9-10,17H2,1H3. The summed E-state index contributed by atoms with van der Waals surface area (Å²) in [6, 6.07) is 14.7. The number of benzene rings is 2. The molecule has 2 N–H and O–H groups in total. The van der Waals surface area contributed by atoms with Crippen molar-refractivity contribution in [3.8, 4) is 0 Å². The van der Waals surface area contributed by atoms with E-state index in [4.69, 9.17) is 10.7 Å². The summed E-state index contributed by atoms with van der Waals surface area (Å²) >= 11 is 1.77. The minimum atomic E-state index is 0.590. The Morgan fingerprint density at radius 1 is 1.16 bits per heavy atom. The maximum absolute atomic E-state index is 5.71. The molecular weight excluding hydrogens is 252 g/mol. The highest BCUT2D eigenvalue weighted by atomic mass is 32.1. The zero-order chi connectivity index (χ0) is 13.2. The largest absolute Gasteiger partial charge is 0.326 e. The monoisotopic (exact) mass is 268 g/mol. The van der Waals surface area contributed by atoms with Crippen LogP contribution in [-0.2, 0) is 13.0 Å². The Labute approximate surface area is 116 Å². The summed E-state index contributed by atoms with van der Waals surface area (Å²) in [4.78, 5) is 4.69. The molecule has 0 radical (unpaired) electrons. The molecule has 3 aromatic rings. The third kappa shape index (κ3) is 2.53. The van der Waals surface area contributed by atoms with Gasteiger partial charge in [0, 0.05) is 13.0 Å². The molecule has 3 rings (SSSR count). The molecule has 0 saturated carbocycles. The van der Waals surface area contributed by atoms with Gasteiger partial charge >= 0.3 is 0 Å². The molecule has 2 aromatic carbocycles. The molecule has 0 spiro atoms. The average Bonchev–Trinajstić information content (AvgIpc) is 2.83. The molecule has 0 fully saturated rings. The highest BCUT2D eigenvalue weighted by molar-refractivity contribution is 7.18. The minimum absolute atomic E-state index is 0.590. The van der Waals surface area contributed by atoms with Gasteiger partial charge in [-0.05, 0) is 35.7 Å². The van der Waals surface area contributed by atoms with Gasteiger partial charge in [0.15, 0.2) is 0 Å². The minimum Gasteiger partial charge on any atom is -0.326 e. The number of nitrogens with two attached hydrogens (primary N) is 1. The molecule has 3 heteroatoms. The normalized spacial score (nSPS) is 11.1. The molecule has 0 aliphatic heterocycles. The van der Waals surface area contributed by atoms with Gasteiger partial charge < -0.3 is 5.73 Å². The van der Waals surface area contributed by atoms with Crippen molar-refractivity contribution < 1.29 is 0 Å². The van der Waals surface area contributed by atoms with Crippen LogP contribution in [0.15, 0.2) is 42.5 Å². The number of aromatic nitrogens is 1. The molecule has 19 heavy (non-hydrogen) atoms. The summed E-state index contributed by atoms with van der Waals surface area (Å²) < 4.78 is 1.25. The second kappa shape index (κ2) is 5.11. The maximum Gasteiger partial charge on any atom is 0.0982 e. The van der Waals surface area contributed by atoms with E-state index in [1.807, 2.05) is 6.07 Å². The van der Waals surface area contributed by atoms with Gasteiger partial charge in [0.1, 0.15) is 0 Å². The summed E-state index contributed by atoms with van der Waals surface area (Å²) in [5.74, 6) is 0. The first-order chi connectivity index (χ1) is 9.26. The van der Waals surface area contributed by atoms with Crippen molar-refractivity contribution in [2.24, 2.45) is 5.73 Å². The molecule has 0 unspecified atom stereocenters. The van der Waals surface area contributed by atoms with Crippen LogP contribution in [-0.4, -0.2) is 4.98 Å². The Morgan fingerprint density at radius 3 is 2.79 bits per heavy atom. The zero-order valence-electron chi connectivity index (χ0n) is 10.9. The Bertz CT molecular complexity index is 683. The molecule has 2 nitrogen and oxygen atoms in total. The smallest absolute Gasteiger partial charge is 0.0982 e. The predicted molar refractivity (Wildman–Crippen MR) is 81.5 cm³/mol. The molecule has 0 aliphatic carbocycles. The fourth-order valence-electron chi connectivity index (χ4n) is 2.20.